The van der Waals surface area contributed by atoms with Crippen molar-refractivity contribution in [3.63, 3.8) is 0 Å². The van der Waals surface area contributed by atoms with Gasteiger partial charge in [0.05, 0.1) is 0 Å². The molecule has 3 N–H and O–H groups in total. The van der Waals surface area contributed by atoms with E-state index in [1.165, 1.54) is 45.8 Å². The molecule has 194 valence electrons. The van der Waals surface area contributed by atoms with Gasteiger partial charge in [-0.3, -0.25) is 29.0 Å². The van der Waals surface area contributed by atoms with Crippen LogP contribution in [0.1, 0.15) is 18.5 Å². The van der Waals surface area contributed by atoms with Crippen molar-refractivity contribution in [3.05, 3.63) is 41.1 Å². The van der Waals surface area contributed by atoms with Crippen molar-refractivity contribution in [1.29, 1.82) is 0 Å². The number of aromatic hydroxyl groups is 1. The summed E-state index contributed by atoms with van der Waals surface area (Å²) in [5.74, 6) is -3.22. The van der Waals surface area contributed by atoms with Gasteiger partial charge >= 0.3 is 23.8 Å². The Morgan fingerprint density at radius 1 is 1.14 bits per heavy atom. The second kappa shape index (κ2) is 9.42. The Bertz CT molecular complexity index is 1250. The fraction of sp³-hybridized carbons (Fsp3) is 0.391. The number of carbonyl (C=O) groups excluding carboxylic acids is 6. The van der Waals surface area contributed by atoms with Gasteiger partial charge in [0.25, 0.3) is 5.91 Å². The van der Waals surface area contributed by atoms with Gasteiger partial charge in [0.1, 0.15) is 35.5 Å². The van der Waals surface area contributed by atoms with Crippen LogP contribution in [0.15, 0.2) is 35.5 Å². The van der Waals surface area contributed by atoms with Gasteiger partial charge in [-0.05, 0) is 24.6 Å². The molecule has 6 amide bonds. The summed E-state index contributed by atoms with van der Waals surface area (Å²) < 4.78 is 5.02. The zero-order valence-electron chi connectivity index (χ0n) is 19.6. The standard InChI is InChI=1S/C23H23N5O8S/c1-2-26-7-8-27(20(33)19(26)32)23(35)25-14(11-3-5-13(29)6-4-11)17(30)24-15-18(31)28-16-12(9-36-22(16)34)10-37-21(15)28/h3-6,14-15,21,29H,2,7-10H2,1H3,(H,24,30)(H,25,35). The van der Waals surface area contributed by atoms with Gasteiger partial charge in [-0.15, -0.1) is 11.8 Å². The van der Waals surface area contributed by atoms with Crippen LogP contribution in [-0.2, 0) is 28.7 Å². The molecule has 0 saturated carbocycles. The second-order valence-electron chi connectivity index (χ2n) is 8.74. The fourth-order valence-corrected chi connectivity index (χ4v) is 5.91. The van der Waals surface area contributed by atoms with Crippen molar-refractivity contribution in [3.8, 4) is 5.75 Å². The molecular formula is C23H23N5O8S. The normalized spacial score (nSPS) is 23.8. The van der Waals surface area contributed by atoms with E-state index in [1.807, 2.05) is 0 Å². The van der Waals surface area contributed by atoms with Crippen molar-refractivity contribution >= 4 is 47.4 Å². The van der Waals surface area contributed by atoms with Crippen LogP contribution in [0.2, 0.25) is 0 Å². The summed E-state index contributed by atoms with van der Waals surface area (Å²) in [6.45, 7) is 2.29. The van der Waals surface area contributed by atoms with Gasteiger partial charge < -0.3 is 25.4 Å². The third-order valence-electron chi connectivity index (χ3n) is 6.61. The van der Waals surface area contributed by atoms with E-state index in [9.17, 15) is 33.9 Å². The summed E-state index contributed by atoms with van der Waals surface area (Å²) in [6.07, 6.45) is 0. The first-order valence-corrected chi connectivity index (χ1v) is 12.6. The zero-order valence-corrected chi connectivity index (χ0v) is 20.4. The van der Waals surface area contributed by atoms with Gasteiger partial charge in [-0.1, -0.05) is 12.1 Å². The molecule has 0 radical (unpaired) electrons. The molecule has 4 aliphatic rings. The number of likely N-dealkylation sites (N-methyl/N-ethyl adjacent to an activating group) is 1. The molecule has 1 aromatic carbocycles. The third-order valence-corrected chi connectivity index (χ3v) is 7.95. The van der Waals surface area contributed by atoms with Gasteiger partial charge in [-0.25, -0.2) is 9.59 Å². The number of ether oxygens (including phenoxy) is 1. The van der Waals surface area contributed by atoms with E-state index in [1.54, 1.807) is 6.92 Å². The zero-order chi connectivity index (χ0) is 26.4. The lowest BCUT2D eigenvalue weighted by molar-refractivity contribution is -0.153. The number of thioether (sulfide) groups is 1. The molecule has 14 heteroatoms. The Kier molecular flexibility index (Phi) is 6.27. The molecule has 0 aliphatic carbocycles. The van der Waals surface area contributed by atoms with Crippen LogP contribution >= 0.6 is 11.8 Å². The largest absolute Gasteiger partial charge is 0.508 e. The first-order valence-electron chi connectivity index (χ1n) is 11.6. The predicted molar refractivity (Wildman–Crippen MR) is 126 cm³/mol. The predicted octanol–water partition coefficient (Wildman–Crippen LogP) is -0.956. The highest BCUT2D eigenvalue weighted by Crippen LogP contribution is 2.42. The van der Waals surface area contributed by atoms with Crippen molar-refractivity contribution < 1.29 is 38.6 Å². The minimum absolute atomic E-state index is 0.0451. The first-order chi connectivity index (χ1) is 17.7. The molecule has 0 bridgehead atoms. The monoisotopic (exact) mass is 529 g/mol. The summed E-state index contributed by atoms with van der Waals surface area (Å²) in [5.41, 5.74) is 1.22. The number of rotatable bonds is 5. The van der Waals surface area contributed by atoms with E-state index in [0.717, 1.165) is 10.5 Å². The number of imide groups is 1. The summed E-state index contributed by atoms with van der Waals surface area (Å²) >= 11 is 1.38. The number of phenols is 1. The minimum Gasteiger partial charge on any atom is -0.508 e. The van der Waals surface area contributed by atoms with Crippen LogP contribution in [0.5, 0.6) is 5.75 Å². The number of urea groups is 1. The minimum atomic E-state index is -1.35. The van der Waals surface area contributed by atoms with Crippen molar-refractivity contribution in [2.24, 2.45) is 0 Å². The fourth-order valence-electron chi connectivity index (χ4n) is 4.58. The van der Waals surface area contributed by atoms with Gasteiger partial charge in [0.15, 0.2) is 0 Å². The summed E-state index contributed by atoms with van der Waals surface area (Å²) in [5, 5.41) is 14.2. The number of piperazine rings is 1. The van der Waals surface area contributed by atoms with Gasteiger partial charge in [-0.2, -0.15) is 0 Å². The topological polar surface area (TPSA) is 166 Å². The third kappa shape index (κ3) is 4.16. The van der Waals surface area contributed by atoms with E-state index in [2.05, 4.69) is 10.6 Å². The second-order valence-corrected chi connectivity index (χ2v) is 9.84. The Morgan fingerprint density at radius 3 is 2.57 bits per heavy atom. The van der Waals surface area contributed by atoms with E-state index in [0.29, 0.717) is 12.3 Å². The van der Waals surface area contributed by atoms with Gasteiger partial charge in [0, 0.05) is 31.0 Å². The molecule has 3 atom stereocenters. The SMILES string of the molecule is CCN1CCN(C(=O)NC(C(=O)NC2C(=O)N3C4=C(COC4=O)CSC23)c2ccc(O)cc2)C(=O)C1=O. The summed E-state index contributed by atoms with van der Waals surface area (Å²) in [4.78, 5) is 79.3. The average molecular weight is 530 g/mol. The Morgan fingerprint density at radius 2 is 1.86 bits per heavy atom. The van der Waals surface area contributed by atoms with E-state index in [-0.39, 0.29) is 36.7 Å². The number of β-lactam (4-membered cyclic amide) rings is 1. The highest BCUT2D eigenvalue weighted by molar-refractivity contribution is 8.00. The number of benzene rings is 1. The van der Waals surface area contributed by atoms with Crippen molar-refractivity contribution in [2.75, 3.05) is 32.0 Å². The van der Waals surface area contributed by atoms with Crippen LogP contribution < -0.4 is 10.6 Å². The number of hydrogen-bond donors (Lipinski definition) is 3. The molecule has 4 aliphatic heterocycles. The lowest BCUT2D eigenvalue weighted by atomic mass is 10.0. The van der Waals surface area contributed by atoms with Gasteiger partial charge in [0.2, 0.25) is 5.91 Å². The molecule has 0 aromatic heterocycles. The highest BCUT2D eigenvalue weighted by atomic mass is 32.2. The maximum Gasteiger partial charge on any atom is 0.355 e. The number of nitrogens with one attached hydrogen (secondary N) is 2. The summed E-state index contributed by atoms with van der Waals surface area (Å²) in [7, 11) is 0. The molecule has 1 aromatic rings. The molecule has 0 spiro atoms. The number of esters is 1. The summed E-state index contributed by atoms with van der Waals surface area (Å²) in [6, 6.07) is 2.23. The number of cyclic esters (lactones) is 1. The number of amides is 6. The van der Waals surface area contributed by atoms with E-state index >= 15 is 0 Å². The molecule has 3 unspecified atom stereocenters. The Hall–Kier alpha value is -4.07. The number of hydrogen-bond acceptors (Lipinski definition) is 9. The molecule has 2 saturated heterocycles. The number of carbonyl (C=O) groups is 6. The Labute approximate surface area is 214 Å². The van der Waals surface area contributed by atoms with E-state index < -0.39 is 53.1 Å². The van der Waals surface area contributed by atoms with Crippen LogP contribution in [0.25, 0.3) is 0 Å². The quantitative estimate of drug-likeness (QED) is 0.248. The molecule has 37 heavy (non-hydrogen) atoms. The Balaban J connectivity index is 1.33. The molecule has 2 fully saturated rings. The maximum absolute atomic E-state index is 13.4. The molecule has 5 rings (SSSR count). The van der Waals surface area contributed by atoms with Crippen molar-refractivity contribution in [1.82, 2.24) is 25.3 Å². The van der Waals surface area contributed by atoms with Crippen LogP contribution in [-0.4, -0.2) is 98.8 Å². The van der Waals surface area contributed by atoms with Crippen LogP contribution in [0.4, 0.5) is 4.79 Å². The number of phenolic OH excluding ortho intramolecular Hbond substituents is 1. The average Bonchev–Trinajstić information content (AvgIpc) is 3.26. The molecule has 13 nitrogen and oxygen atoms in total. The maximum atomic E-state index is 13.4. The molecule has 4 heterocycles. The van der Waals surface area contributed by atoms with Crippen molar-refractivity contribution in [2.45, 2.75) is 24.4 Å². The van der Waals surface area contributed by atoms with Crippen LogP contribution in [0.3, 0.4) is 0 Å². The number of nitrogens with zero attached hydrogens (tertiary/aromatic N) is 3. The van der Waals surface area contributed by atoms with E-state index in [4.69, 9.17) is 4.74 Å². The smallest absolute Gasteiger partial charge is 0.355 e. The first kappa shape index (κ1) is 24.6. The lowest BCUT2D eigenvalue weighted by Gasteiger charge is -2.48. The molecular weight excluding hydrogens is 506 g/mol. The number of fused-ring (bicyclic) bond motifs is 2. The highest BCUT2D eigenvalue weighted by Gasteiger charge is 2.56. The lowest BCUT2D eigenvalue weighted by Crippen LogP contribution is -2.71. The van der Waals surface area contributed by atoms with Crippen LogP contribution in [0, 0.1) is 0 Å².